The zero-order valence-electron chi connectivity index (χ0n) is 13.7. The fourth-order valence-electron chi connectivity index (χ4n) is 2.00. The molecule has 0 amide bonds. The lowest BCUT2D eigenvalue weighted by Crippen LogP contribution is -2.19. The molecular formula is C17H16F3N3O3. The van der Waals surface area contributed by atoms with Crippen LogP contribution < -0.4 is 16.2 Å². The molecule has 4 N–H and O–H groups in total. The van der Waals surface area contributed by atoms with Gasteiger partial charge in [-0.05, 0) is 36.8 Å². The molecule has 0 aromatic heterocycles. The summed E-state index contributed by atoms with van der Waals surface area (Å²) >= 11 is 0. The molecule has 2 rings (SSSR count). The minimum absolute atomic E-state index is 0.0366. The van der Waals surface area contributed by atoms with Crippen LogP contribution in [-0.4, -0.2) is 24.6 Å². The quantitative estimate of drug-likeness (QED) is 0.278. The van der Waals surface area contributed by atoms with Gasteiger partial charge in [0.1, 0.15) is 5.75 Å². The van der Waals surface area contributed by atoms with Crippen LogP contribution in [0.15, 0.2) is 47.6 Å². The summed E-state index contributed by atoms with van der Waals surface area (Å²) in [5.74, 6) is -1.08. The summed E-state index contributed by atoms with van der Waals surface area (Å²) in [5, 5.41) is 3.56. The fourth-order valence-corrected chi connectivity index (χ4v) is 2.00. The predicted molar refractivity (Wildman–Crippen MR) is 89.7 cm³/mol. The number of alkyl halides is 3. The highest BCUT2D eigenvalue weighted by molar-refractivity contribution is 6.00. The van der Waals surface area contributed by atoms with Gasteiger partial charge < -0.3 is 21.0 Å². The van der Waals surface area contributed by atoms with Crippen molar-refractivity contribution in [1.29, 1.82) is 0 Å². The first-order valence-electron chi connectivity index (χ1n) is 7.37. The van der Waals surface area contributed by atoms with Gasteiger partial charge >= 0.3 is 12.1 Å². The number of hydrogen-bond acceptors (Lipinski definition) is 5. The van der Waals surface area contributed by atoms with Crippen molar-refractivity contribution in [3.8, 4) is 5.75 Å². The van der Waals surface area contributed by atoms with Crippen molar-refractivity contribution >= 4 is 17.5 Å². The molecule has 0 heterocycles. The van der Waals surface area contributed by atoms with Gasteiger partial charge in [-0.15, -0.1) is 0 Å². The molecule has 0 aliphatic heterocycles. The van der Waals surface area contributed by atoms with E-state index < -0.39 is 18.8 Å². The van der Waals surface area contributed by atoms with E-state index in [0.29, 0.717) is 16.8 Å². The number of hydrogen-bond donors (Lipinski definition) is 2. The van der Waals surface area contributed by atoms with Gasteiger partial charge in [0.25, 0.3) is 0 Å². The number of ether oxygens (including phenoxy) is 1. The van der Waals surface area contributed by atoms with E-state index in [0.717, 1.165) is 6.07 Å². The zero-order valence-corrected chi connectivity index (χ0v) is 13.7. The normalized spacial score (nSPS) is 11.9. The van der Waals surface area contributed by atoms with Crippen molar-refractivity contribution in [1.82, 2.24) is 0 Å². The van der Waals surface area contributed by atoms with Gasteiger partial charge in [0.2, 0.25) is 0 Å². The van der Waals surface area contributed by atoms with Crippen LogP contribution >= 0.6 is 0 Å². The zero-order chi connectivity index (χ0) is 19.3. The SMILES string of the molecule is Cc1c(N)cccc1/C(N)=N/OC(=O)c1cccc(OCC(F)(F)F)c1. The first kappa shape index (κ1) is 19.1. The van der Waals surface area contributed by atoms with Gasteiger partial charge in [0, 0.05) is 11.3 Å². The fraction of sp³-hybridized carbons (Fsp3) is 0.176. The lowest BCUT2D eigenvalue weighted by molar-refractivity contribution is -0.153. The molecule has 0 aliphatic rings. The van der Waals surface area contributed by atoms with Crippen LogP contribution in [0.4, 0.5) is 18.9 Å². The number of nitrogens with zero attached hydrogens (tertiary/aromatic N) is 1. The molecule has 0 unspecified atom stereocenters. The Morgan fingerprint density at radius 2 is 1.88 bits per heavy atom. The molecule has 0 bridgehead atoms. The van der Waals surface area contributed by atoms with E-state index in [4.69, 9.17) is 16.3 Å². The molecule has 9 heteroatoms. The smallest absolute Gasteiger partial charge is 0.422 e. The van der Waals surface area contributed by atoms with Gasteiger partial charge in [-0.25, -0.2) is 4.79 Å². The summed E-state index contributed by atoms with van der Waals surface area (Å²) in [5.41, 5.74) is 13.2. The topological polar surface area (TPSA) is 99.9 Å². The summed E-state index contributed by atoms with van der Waals surface area (Å²) in [4.78, 5) is 16.7. The number of carbonyl (C=O) groups excluding carboxylic acids is 1. The molecule has 0 spiro atoms. The Morgan fingerprint density at radius 1 is 1.19 bits per heavy atom. The molecule has 0 saturated heterocycles. The summed E-state index contributed by atoms with van der Waals surface area (Å²) in [7, 11) is 0. The van der Waals surface area contributed by atoms with Crippen LogP contribution in [0.3, 0.4) is 0 Å². The van der Waals surface area contributed by atoms with E-state index in [2.05, 4.69) is 9.89 Å². The molecule has 0 atom stereocenters. The summed E-state index contributed by atoms with van der Waals surface area (Å²) in [6.07, 6.45) is -4.48. The molecular weight excluding hydrogens is 351 g/mol. The average Bonchev–Trinajstić information content (AvgIpc) is 2.59. The van der Waals surface area contributed by atoms with Gasteiger partial charge in [0.15, 0.2) is 12.4 Å². The number of oxime groups is 1. The molecule has 2 aromatic carbocycles. The third-order valence-corrected chi connectivity index (χ3v) is 3.35. The number of nitrogens with two attached hydrogens (primary N) is 2. The predicted octanol–water partition coefficient (Wildman–Crippen LogP) is 3.00. The van der Waals surface area contributed by atoms with Gasteiger partial charge in [-0.1, -0.05) is 23.4 Å². The largest absolute Gasteiger partial charge is 0.484 e. The van der Waals surface area contributed by atoms with Crippen molar-refractivity contribution < 1.29 is 27.5 Å². The number of anilines is 1. The Morgan fingerprint density at radius 3 is 2.58 bits per heavy atom. The number of halogens is 3. The van der Waals surface area contributed by atoms with Gasteiger partial charge in [-0.2, -0.15) is 13.2 Å². The minimum Gasteiger partial charge on any atom is -0.484 e. The van der Waals surface area contributed by atoms with Crippen LogP contribution in [0.1, 0.15) is 21.5 Å². The van der Waals surface area contributed by atoms with Crippen molar-refractivity contribution in [3.63, 3.8) is 0 Å². The third kappa shape index (κ3) is 5.13. The highest BCUT2D eigenvalue weighted by Crippen LogP contribution is 2.20. The Bertz CT molecular complexity index is 835. The van der Waals surface area contributed by atoms with Crippen molar-refractivity contribution in [2.24, 2.45) is 10.9 Å². The molecule has 0 radical (unpaired) electrons. The molecule has 0 saturated carbocycles. The monoisotopic (exact) mass is 367 g/mol. The van der Waals surface area contributed by atoms with E-state index in [1.165, 1.54) is 18.2 Å². The number of benzene rings is 2. The average molecular weight is 367 g/mol. The first-order chi connectivity index (χ1) is 12.2. The maximum atomic E-state index is 12.2. The maximum Gasteiger partial charge on any atom is 0.422 e. The minimum atomic E-state index is -4.48. The molecule has 6 nitrogen and oxygen atoms in total. The summed E-state index contributed by atoms with van der Waals surface area (Å²) < 4.78 is 41.1. The second-order valence-corrected chi connectivity index (χ2v) is 5.31. The van der Waals surface area contributed by atoms with E-state index in [-0.39, 0.29) is 17.1 Å². The van der Waals surface area contributed by atoms with Crippen LogP contribution in [0.25, 0.3) is 0 Å². The Kier molecular flexibility index (Phi) is 5.71. The molecule has 138 valence electrons. The Labute approximate surface area is 147 Å². The van der Waals surface area contributed by atoms with Crippen molar-refractivity contribution in [2.75, 3.05) is 12.3 Å². The van der Waals surface area contributed by atoms with Crippen molar-refractivity contribution in [2.45, 2.75) is 13.1 Å². The van der Waals surface area contributed by atoms with Crippen LogP contribution in [0.5, 0.6) is 5.75 Å². The number of rotatable bonds is 5. The van der Waals surface area contributed by atoms with Crippen molar-refractivity contribution in [3.05, 3.63) is 59.2 Å². The lowest BCUT2D eigenvalue weighted by Gasteiger charge is -2.09. The summed E-state index contributed by atoms with van der Waals surface area (Å²) in [6, 6.07) is 10.1. The number of amidine groups is 1. The second-order valence-electron chi connectivity index (χ2n) is 5.31. The lowest BCUT2D eigenvalue weighted by atomic mass is 10.1. The molecule has 26 heavy (non-hydrogen) atoms. The second kappa shape index (κ2) is 7.77. The molecule has 0 fully saturated rings. The first-order valence-corrected chi connectivity index (χ1v) is 7.37. The highest BCUT2D eigenvalue weighted by atomic mass is 19.4. The van der Waals surface area contributed by atoms with Gasteiger partial charge in [-0.3, -0.25) is 0 Å². The maximum absolute atomic E-state index is 12.2. The van der Waals surface area contributed by atoms with Crippen LogP contribution in [0.2, 0.25) is 0 Å². The molecule has 2 aromatic rings. The number of carbonyl (C=O) groups is 1. The van der Waals surface area contributed by atoms with Gasteiger partial charge in [0.05, 0.1) is 5.56 Å². The van der Waals surface area contributed by atoms with Crippen LogP contribution in [-0.2, 0) is 4.84 Å². The van der Waals surface area contributed by atoms with E-state index >= 15 is 0 Å². The Balaban J connectivity index is 2.09. The van der Waals surface area contributed by atoms with E-state index in [9.17, 15) is 18.0 Å². The third-order valence-electron chi connectivity index (χ3n) is 3.35. The summed E-state index contributed by atoms with van der Waals surface area (Å²) in [6.45, 7) is 0.266. The highest BCUT2D eigenvalue weighted by Gasteiger charge is 2.28. The van der Waals surface area contributed by atoms with Crippen LogP contribution in [0, 0.1) is 6.92 Å². The van der Waals surface area contributed by atoms with E-state index in [1.807, 2.05) is 0 Å². The standard InChI is InChI=1S/C17H16F3N3O3/c1-10-13(6-3-7-14(10)21)15(22)23-26-16(24)11-4-2-5-12(8-11)25-9-17(18,19)20/h2-8H,9,21H2,1H3,(H2,22,23). The number of nitrogen functional groups attached to an aromatic ring is 1. The molecule has 0 aliphatic carbocycles. The Hall–Kier alpha value is -3.23. The van der Waals surface area contributed by atoms with E-state index in [1.54, 1.807) is 25.1 Å².